The molecule has 0 aromatic rings. The van der Waals surface area contributed by atoms with Crippen LogP contribution in [0.5, 0.6) is 0 Å². The molecule has 4 heavy (non-hydrogen) atoms. The molecule has 0 nitrogen and oxygen atoms in total. The van der Waals surface area contributed by atoms with E-state index in [1.807, 2.05) is 0 Å². The molecule has 0 aliphatic heterocycles. The molecule has 0 aromatic carbocycles. The Bertz CT molecular complexity index is 6.00. The molecule has 0 rings (SSSR count). The van der Waals surface area contributed by atoms with Crippen LogP contribution in [0.15, 0.2) is 0 Å². The smallest absolute Gasteiger partial charge is 0.153 e. The fourth-order valence-corrected chi connectivity index (χ4v) is 0. The lowest BCUT2D eigenvalue weighted by Crippen LogP contribution is -0.382. The minimum atomic E-state index is 0. The fraction of sp³-hybridized carbons (Fsp3) is 0. The van der Waals surface area contributed by atoms with Crippen LogP contribution < -0.4 is 0 Å². The average molecular weight is 126 g/mol. The van der Waals surface area contributed by atoms with Gasteiger partial charge in [-0.3, -0.25) is 0 Å². The third-order valence-electron chi connectivity index (χ3n) is 0. The van der Waals surface area contributed by atoms with Crippen molar-refractivity contribution in [2.24, 2.45) is 0 Å². The van der Waals surface area contributed by atoms with Gasteiger partial charge in [0.05, 0.1) is 0 Å². The first kappa shape index (κ1) is 40.3. The van der Waals surface area contributed by atoms with Gasteiger partial charge >= 0.3 is 23.1 Å². The van der Waals surface area contributed by atoms with Gasteiger partial charge in [-0.15, -0.1) is 0 Å². The lowest BCUT2D eigenvalue weighted by Gasteiger charge is -0.154. The van der Waals surface area contributed by atoms with Gasteiger partial charge < -0.3 is 0 Å². The zero-order valence-corrected chi connectivity index (χ0v) is 4.24. The van der Waals surface area contributed by atoms with Gasteiger partial charge in [0.2, 0.25) is 0 Å². The molecule has 0 saturated carbocycles. The van der Waals surface area contributed by atoms with Crippen LogP contribution in [0.1, 0.15) is 0 Å². The first-order chi connectivity index (χ1) is 0. The zero-order chi connectivity index (χ0) is 0. The van der Waals surface area contributed by atoms with Crippen molar-refractivity contribution < 1.29 is 0 Å². The molecular weight excluding hydrogens is 114 g/mol. The maximum atomic E-state index is 0. The molecule has 0 aliphatic rings. The van der Waals surface area contributed by atoms with Crippen molar-refractivity contribution in [3.63, 3.8) is 0 Å². The average Bonchev–Trinajstić information content (AvgIpc) is 0. The van der Waals surface area contributed by atoms with Gasteiger partial charge in [-0.25, -0.2) is 0 Å². The number of hydrogen-bond acceptors (Lipinski definition) is 0. The van der Waals surface area contributed by atoms with Gasteiger partial charge in [-0.1, -0.05) is 0 Å². The first-order valence-corrected chi connectivity index (χ1v) is 0. The number of rotatable bonds is 0. The Morgan fingerprint density at radius 3 is 0.750 bits per heavy atom. The van der Waals surface area contributed by atoms with Crippen LogP contribution in [-0.2, 0) is 0 Å². The third kappa shape index (κ3) is 9.14. The normalized spacial score (nSPS) is 0. The molecule has 0 N–H and O–H groups in total. The molecule has 0 radical (unpaired) electrons. The molecule has 0 aliphatic carbocycles. The van der Waals surface area contributed by atoms with Gasteiger partial charge in [0.15, 0.2) is 0 Å². The summed E-state index contributed by atoms with van der Waals surface area (Å²) in [4.78, 5) is 0. The van der Waals surface area contributed by atoms with E-state index >= 15 is 0 Å². The van der Waals surface area contributed by atoms with Crippen LogP contribution in [0.2, 0.25) is 0 Å². The van der Waals surface area contributed by atoms with E-state index in [1.165, 1.54) is 0 Å². The summed E-state index contributed by atoms with van der Waals surface area (Å²) in [6.07, 6.45) is 0. The molecule has 2 atom stereocenters. The minimum absolute atomic E-state index is 0. The molecule has 0 spiro atoms. The van der Waals surface area contributed by atoms with E-state index in [9.17, 15) is 0 Å². The van der Waals surface area contributed by atoms with E-state index in [0.717, 1.165) is 0 Å². The van der Waals surface area contributed by atoms with Crippen molar-refractivity contribution in [1.29, 1.82) is 0 Å². The van der Waals surface area contributed by atoms with Gasteiger partial charge in [-0.2, -0.15) is 19.8 Å². The van der Waals surface area contributed by atoms with E-state index in [-0.39, 0.29) is 53.8 Å². The molecule has 0 heterocycles. The standard InChI is InChI=1S/Mg.2H3P.H4Si.2H/h;2*1H3;1H4;;. The van der Waals surface area contributed by atoms with E-state index in [2.05, 4.69) is 0 Å². The van der Waals surface area contributed by atoms with E-state index in [4.69, 9.17) is 0 Å². The highest BCUT2D eigenvalue weighted by Crippen LogP contribution is 0.862. The summed E-state index contributed by atoms with van der Waals surface area (Å²) >= 11 is 0. The van der Waals surface area contributed by atoms with Gasteiger partial charge in [-0.05, 0) is 11.0 Å². The van der Waals surface area contributed by atoms with Gasteiger partial charge in [0, 0.05) is 0 Å². The molecule has 0 saturated heterocycles. The van der Waals surface area contributed by atoms with E-state index in [0.29, 0.717) is 0 Å². The fourth-order valence-electron chi connectivity index (χ4n) is 0. The van der Waals surface area contributed by atoms with Gasteiger partial charge in [0.1, 0.15) is 0 Å². The third-order valence-corrected chi connectivity index (χ3v) is 0. The molecular formula is H12MgP2Si. The molecule has 2 unspecified atom stereocenters. The van der Waals surface area contributed by atoms with Crippen LogP contribution in [0.4, 0.5) is 0 Å². The van der Waals surface area contributed by atoms with Crippen molar-refractivity contribution in [3.8, 4) is 0 Å². The molecule has 28 valence electrons. The summed E-state index contributed by atoms with van der Waals surface area (Å²) in [5, 5.41) is 0. The Labute approximate surface area is 53.9 Å². The van der Waals surface area contributed by atoms with Crippen LogP contribution in [0.25, 0.3) is 0 Å². The monoisotopic (exact) mass is 126 g/mol. The van der Waals surface area contributed by atoms with E-state index < -0.39 is 0 Å². The maximum absolute atomic E-state index is 0. The van der Waals surface area contributed by atoms with Gasteiger partial charge in [0.25, 0.3) is 0 Å². The summed E-state index contributed by atoms with van der Waals surface area (Å²) in [6, 6.07) is 0. The molecule has 0 aromatic heterocycles. The molecule has 0 fully saturated rings. The van der Waals surface area contributed by atoms with Crippen molar-refractivity contribution in [1.82, 2.24) is 0 Å². The highest BCUT2D eigenvalue weighted by molar-refractivity contribution is 6.92. The van der Waals surface area contributed by atoms with Crippen LogP contribution in [0.3, 0.4) is 0 Å². The predicted octanol–water partition coefficient (Wildman–Crippen LogP) is -2.25. The Kier molecular flexibility index (Phi) is 212. The summed E-state index contributed by atoms with van der Waals surface area (Å²) in [5.41, 5.74) is 0. The SMILES string of the molecule is P.P.[MgH2].[SiH4]. The maximum Gasteiger partial charge on any atom is 0.316 e. The first-order valence-electron chi connectivity index (χ1n) is 0. The predicted molar refractivity (Wildman–Crippen MR) is 42.1 cm³/mol. The summed E-state index contributed by atoms with van der Waals surface area (Å²) in [6.45, 7) is 0. The van der Waals surface area contributed by atoms with Crippen LogP contribution in [-0.4, -0.2) is 34.0 Å². The van der Waals surface area contributed by atoms with Crippen molar-refractivity contribution in [2.45, 2.75) is 0 Å². The lowest BCUT2D eigenvalue weighted by molar-refractivity contribution is 5.75. The summed E-state index contributed by atoms with van der Waals surface area (Å²) < 4.78 is 0. The second-order valence-electron chi connectivity index (χ2n) is 0. The lowest BCUT2D eigenvalue weighted by atomic mass is 24.3. The summed E-state index contributed by atoms with van der Waals surface area (Å²) in [5.74, 6) is 0. The quantitative estimate of drug-likeness (QED) is 0.254. The Hall–Kier alpha value is 1.84. The topological polar surface area (TPSA) is 0 Å². The van der Waals surface area contributed by atoms with Crippen molar-refractivity contribution in [2.75, 3.05) is 0 Å². The number of hydrogen-bond donors (Lipinski definition) is 0. The van der Waals surface area contributed by atoms with Crippen molar-refractivity contribution >= 4 is 53.8 Å². The largest absolute Gasteiger partial charge is 0.316 e. The Balaban J connectivity index is 0. The molecule has 0 amide bonds. The molecule has 0 bridgehead atoms. The van der Waals surface area contributed by atoms with Crippen LogP contribution in [0, 0.1) is 0 Å². The second-order valence-corrected chi connectivity index (χ2v) is 0. The highest BCUT2D eigenvalue weighted by atomic mass is 31.0. The van der Waals surface area contributed by atoms with Crippen LogP contribution >= 0.6 is 19.8 Å². The zero-order valence-electron chi connectivity index (χ0n) is 1.41. The Morgan fingerprint density at radius 2 is 0.750 bits per heavy atom. The summed E-state index contributed by atoms with van der Waals surface area (Å²) in [7, 11) is 0. The van der Waals surface area contributed by atoms with E-state index in [1.54, 1.807) is 0 Å². The van der Waals surface area contributed by atoms with Crippen molar-refractivity contribution in [3.05, 3.63) is 0 Å². The highest BCUT2D eigenvalue weighted by Gasteiger charge is 0.316. The molecule has 4 heteroatoms. The minimum Gasteiger partial charge on any atom is -0.153 e. The second kappa shape index (κ2) is 21.1. The Morgan fingerprint density at radius 1 is 0.750 bits per heavy atom.